The quantitative estimate of drug-likeness (QED) is 0.790. The van der Waals surface area contributed by atoms with Crippen LogP contribution in [-0.4, -0.2) is 25.1 Å². The first-order valence-electron chi connectivity index (χ1n) is 5.54. The second kappa shape index (κ2) is 3.84. The second-order valence-corrected chi connectivity index (χ2v) is 4.21. The zero-order chi connectivity index (χ0) is 11.8. The number of hydrogen-bond acceptors (Lipinski definition) is 3. The Kier molecular flexibility index (Phi) is 2.78. The van der Waals surface area contributed by atoms with Crippen LogP contribution in [0.15, 0.2) is 24.3 Å². The van der Waals surface area contributed by atoms with Gasteiger partial charge in [0, 0.05) is 27.1 Å². The number of ether oxygens (including phenoxy) is 2. The minimum Gasteiger partial charge on any atom is -0.379 e. The lowest BCUT2D eigenvalue weighted by molar-refractivity contribution is -0.316. The van der Waals surface area contributed by atoms with E-state index in [2.05, 4.69) is 0 Å². The SMILES string of the molecule is CCC(OC)(OC)C1(O)Cc2ccccc21. The first-order valence-corrected chi connectivity index (χ1v) is 5.54. The van der Waals surface area contributed by atoms with E-state index in [-0.39, 0.29) is 0 Å². The molecular formula is C13H18O3. The van der Waals surface area contributed by atoms with E-state index in [1.54, 1.807) is 14.2 Å². The van der Waals surface area contributed by atoms with E-state index in [1.165, 1.54) is 0 Å². The van der Waals surface area contributed by atoms with Crippen LogP contribution >= 0.6 is 0 Å². The largest absolute Gasteiger partial charge is 0.379 e. The smallest absolute Gasteiger partial charge is 0.201 e. The van der Waals surface area contributed by atoms with Gasteiger partial charge in [0.1, 0.15) is 5.60 Å². The Labute approximate surface area is 96.0 Å². The highest BCUT2D eigenvalue weighted by molar-refractivity contribution is 5.44. The lowest BCUT2D eigenvalue weighted by atomic mass is 9.67. The zero-order valence-corrected chi connectivity index (χ0v) is 9.99. The van der Waals surface area contributed by atoms with Gasteiger partial charge in [-0.25, -0.2) is 0 Å². The van der Waals surface area contributed by atoms with Gasteiger partial charge in [0.15, 0.2) is 0 Å². The second-order valence-electron chi connectivity index (χ2n) is 4.21. The van der Waals surface area contributed by atoms with Gasteiger partial charge in [-0.2, -0.15) is 0 Å². The highest BCUT2D eigenvalue weighted by Crippen LogP contribution is 2.49. The van der Waals surface area contributed by atoms with E-state index in [4.69, 9.17) is 9.47 Å². The van der Waals surface area contributed by atoms with Crippen LogP contribution in [0.25, 0.3) is 0 Å². The topological polar surface area (TPSA) is 38.7 Å². The van der Waals surface area contributed by atoms with Crippen LogP contribution in [0.1, 0.15) is 24.5 Å². The van der Waals surface area contributed by atoms with E-state index in [9.17, 15) is 5.11 Å². The van der Waals surface area contributed by atoms with E-state index < -0.39 is 11.4 Å². The molecule has 0 amide bonds. The fourth-order valence-corrected chi connectivity index (χ4v) is 2.68. The number of benzene rings is 1. The van der Waals surface area contributed by atoms with Gasteiger partial charge in [-0.1, -0.05) is 31.2 Å². The third-order valence-electron chi connectivity index (χ3n) is 3.66. The molecule has 0 bridgehead atoms. The number of rotatable bonds is 4. The number of fused-ring (bicyclic) bond motifs is 1. The van der Waals surface area contributed by atoms with Crippen molar-refractivity contribution in [3.05, 3.63) is 35.4 Å². The molecule has 0 saturated carbocycles. The first-order chi connectivity index (χ1) is 7.63. The highest BCUT2D eigenvalue weighted by Gasteiger charge is 2.57. The fourth-order valence-electron chi connectivity index (χ4n) is 2.68. The summed E-state index contributed by atoms with van der Waals surface area (Å²) in [6, 6.07) is 7.86. The summed E-state index contributed by atoms with van der Waals surface area (Å²) in [5.74, 6) is -0.943. The zero-order valence-electron chi connectivity index (χ0n) is 9.99. The Morgan fingerprint density at radius 3 is 2.44 bits per heavy atom. The molecule has 0 aliphatic heterocycles. The van der Waals surface area contributed by atoms with Gasteiger partial charge in [0.05, 0.1) is 0 Å². The Morgan fingerprint density at radius 1 is 1.31 bits per heavy atom. The molecule has 0 spiro atoms. The van der Waals surface area contributed by atoms with Crippen LogP contribution < -0.4 is 0 Å². The summed E-state index contributed by atoms with van der Waals surface area (Å²) < 4.78 is 10.9. The minimum absolute atomic E-state index is 0.582. The molecule has 1 aromatic rings. The molecule has 0 saturated heterocycles. The van der Waals surface area contributed by atoms with Gasteiger partial charge >= 0.3 is 0 Å². The van der Waals surface area contributed by atoms with Gasteiger partial charge in [-0.3, -0.25) is 0 Å². The summed E-state index contributed by atoms with van der Waals surface area (Å²) >= 11 is 0. The molecule has 1 unspecified atom stereocenters. The summed E-state index contributed by atoms with van der Waals surface area (Å²) in [6.07, 6.45) is 1.18. The van der Waals surface area contributed by atoms with Crippen molar-refractivity contribution in [2.45, 2.75) is 31.2 Å². The molecule has 1 aliphatic rings. The van der Waals surface area contributed by atoms with E-state index in [0.29, 0.717) is 12.8 Å². The highest BCUT2D eigenvalue weighted by atomic mass is 16.7. The molecule has 0 aromatic heterocycles. The van der Waals surface area contributed by atoms with Crippen LogP contribution in [0, 0.1) is 0 Å². The predicted molar refractivity (Wildman–Crippen MR) is 61.1 cm³/mol. The summed E-state index contributed by atoms with van der Waals surface area (Å²) in [5.41, 5.74) is 1.06. The molecule has 0 radical (unpaired) electrons. The van der Waals surface area contributed by atoms with Crippen LogP contribution in [0.3, 0.4) is 0 Å². The summed E-state index contributed by atoms with van der Waals surface area (Å²) in [7, 11) is 3.15. The fraction of sp³-hybridized carbons (Fsp3) is 0.538. The van der Waals surface area contributed by atoms with Crippen molar-refractivity contribution in [2.24, 2.45) is 0 Å². The standard InChI is InChI=1S/C13H18O3/c1-4-13(15-2,16-3)12(14)9-10-7-5-6-8-11(10)12/h5-8,14H,4,9H2,1-3H3. The third kappa shape index (κ3) is 1.25. The van der Waals surface area contributed by atoms with Crippen molar-refractivity contribution in [3.63, 3.8) is 0 Å². The van der Waals surface area contributed by atoms with E-state index >= 15 is 0 Å². The van der Waals surface area contributed by atoms with Gasteiger partial charge in [-0.15, -0.1) is 0 Å². The lowest BCUT2D eigenvalue weighted by Gasteiger charge is -2.51. The van der Waals surface area contributed by atoms with Gasteiger partial charge in [0.25, 0.3) is 0 Å². The molecule has 1 aliphatic carbocycles. The maximum Gasteiger partial charge on any atom is 0.201 e. The van der Waals surface area contributed by atoms with Gasteiger partial charge in [0.2, 0.25) is 5.79 Å². The van der Waals surface area contributed by atoms with Crippen LogP contribution in [0.2, 0.25) is 0 Å². The van der Waals surface area contributed by atoms with Crippen molar-refractivity contribution in [2.75, 3.05) is 14.2 Å². The molecule has 0 heterocycles. The van der Waals surface area contributed by atoms with Crippen LogP contribution in [-0.2, 0) is 21.5 Å². The van der Waals surface area contributed by atoms with E-state index in [0.717, 1.165) is 11.1 Å². The molecule has 16 heavy (non-hydrogen) atoms. The Hall–Kier alpha value is -0.900. The maximum absolute atomic E-state index is 10.7. The summed E-state index contributed by atoms with van der Waals surface area (Å²) in [5, 5.41) is 10.7. The normalized spacial score (nSPS) is 23.8. The maximum atomic E-state index is 10.7. The van der Waals surface area contributed by atoms with Crippen molar-refractivity contribution in [1.82, 2.24) is 0 Å². The Bertz CT molecular complexity index is 376. The first kappa shape index (κ1) is 11.6. The van der Waals surface area contributed by atoms with Gasteiger partial charge < -0.3 is 14.6 Å². The van der Waals surface area contributed by atoms with Crippen molar-refractivity contribution in [3.8, 4) is 0 Å². The third-order valence-corrected chi connectivity index (χ3v) is 3.66. The molecule has 3 heteroatoms. The number of methoxy groups -OCH3 is 2. The Balaban J connectivity index is 2.43. The molecule has 1 atom stereocenters. The molecular weight excluding hydrogens is 204 g/mol. The summed E-state index contributed by atoms with van der Waals surface area (Å²) in [4.78, 5) is 0. The average molecular weight is 222 g/mol. The predicted octanol–water partition coefficient (Wildman–Crippen LogP) is 1.83. The van der Waals surface area contributed by atoms with Crippen molar-refractivity contribution < 1.29 is 14.6 Å². The molecule has 3 nitrogen and oxygen atoms in total. The van der Waals surface area contributed by atoms with Crippen molar-refractivity contribution in [1.29, 1.82) is 0 Å². The lowest BCUT2D eigenvalue weighted by Crippen LogP contribution is -2.60. The van der Waals surface area contributed by atoms with Crippen LogP contribution in [0.4, 0.5) is 0 Å². The molecule has 1 N–H and O–H groups in total. The monoisotopic (exact) mass is 222 g/mol. The molecule has 0 fully saturated rings. The summed E-state index contributed by atoms with van der Waals surface area (Å²) in [6.45, 7) is 1.95. The Morgan fingerprint density at radius 2 is 1.94 bits per heavy atom. The molecule has 88 valence electrons. The molecule has 1 aromatic carbocycles. The number of hydrogen-bond donors (Lipinski definition) is 1. The number of aliphatic hydroxyl groups is 1. The van der Waals surface area contributed by atoms with E-state index in [1.807, 2.05) is 31.2 Å². The van der Waals surface area contributed by atoms with Gasteiger partial charge in [-0.05, 0) is 11.1 Å². The van der Waals surface area contributed by atoms with Crippen molar-refractivity contribution >= 4 is 0 Å². The van der Waals surface area contributed by atoms with Crippen LogP contribution in [0.5, 0.6) is 0 Å². The molecule has 2 rings (SSSR count). The minimum atomic E-state index is -1.03. The average Bonchev–Trinajstić information content (AvgIpc) is 2.31.